The number of alkyl halides is 6. The summed E-state index contributed by atoms with van der Waals surface area (Å²) >= 11 is 0. The quantitative estimate of drug-likeness (QED) is 0.0808. The zero-order chi connectivity index (χ0) is 46.4. The highest BCUT2D eigenvalue weighted by Gasteiger charge is 2.67. The van der Waals surface area contributed by atoms with Crippen molar-refractivity contribution in [1.29, 1.82) is 0 Å². The van der Waals surface area contributed by atoms with Gasteiger partial charge in [0.2, 0.25) is 28.3 Å². The first-order valence-electron chi connectivity index (χ1n) is 20.7. The Balaban J connectivity index is 0.000000591. The van der Waals surface area contributed by atoms with Crippen LogP contribution in [0.1, 0.15) is 115 Å². The third-order valence-corrected chi connectivity index (χ3v) is 13.4. The number of likely N-dealkylation sites (tertiary alicyclic amines) is 1. The summed E-state index contributed by atoms with van der Waals surface area (Å²) < 4.78 is 110. The van der Waals surface area contributed by atoms with E-state index in [1.807, 2.05) is 10.0 Å². The molecule has 4 amide bonds. The van der Waals surface area contributed by atoms with Gasteiger partial charge in [0.15, 0.2) is 5.69 Å². The predicted molar refractivity (Wildman–Crippen MR) is 221 cm³/mol. The van der Waals surface area contributed by atoms with Gasteiger partial charge in [0, 0.05) is 23.3 Å². The summed E-state index contributed by atoms with van der Waals surface area (Å²) in [5, 5.41) is 13.0. The van der Waals surface area contributed by atoms with E-state index in [0.717, 1.165) is 23.3 Å². The minimum absolute atomic E-state index is 0. The number of hydrogen-bond acceptors (Lipinski definition) is 9. The standard InChI is InChI=1S/C19H28F2N4O7S.C17H18F4N2O2.C4H10.3H2/c1-3-10-4-7-25(12(26)9-22-17(29)30)13(10)15(27)23-19(8-11(19)14(20)21)16(28)24-33(31,32)18(2)5-6-18;18-16(19)25-11-6-7-12-13(9-11)23-15(24)14(22-12)17(20,21)8-2-1-3-10-4-5-10;1-4(2)3;;;/h10-11,13-14,22H,3-9H2,1-2H3,(H,23,27)(H,24,28)(H,29,30);6-7,9-10,16H,1-5,8H2,(H,23,24);4H,1-3H3;3*1H/t10-,11+,13+,19-;;;;;/m1...../s1. The lowest BCUT2D eigenvalue weighted by molar-refractivity contribution is -0.140. The van der Waals surface area contributed by atoms with Crippen LogP contribution in [0.25, 0.3) is 11.0 Å². The molecule has 2 heterocycles. The van der Waals surface area contributed by atoms with E-state index in [1.165, 1.54) is 31.9 Å². The fraction of sp³-hybridized carbons (Fsp3) is 0.700. The van der Waals surface area contributed by atoms with E-state index in [1.54, 1.807) is 6.92 Å². The summed E-state index contributed by atoms with van der Waals surface area (Å²) in [5.41, 5.74) is -3.80. The molecule has 0 unspecified atom stereocenters. The molecule has 0 bridgehead atoms. The molecule has 0 radical (unpaired) electrons. The molecule has 4 atom stereocenters. The van der Waals surface area contributed by atoms with Gasteiger partial charge in [0.1, 0.15) is 23.9 Å². The summed E-state index contributed by atoms with van der Waals surface area (Å²) in [4.78, 5) is 68.3. The fourth-order valence-electron chi connectivity index (χ4n) is 7.10. The number of carbonyl (C=O) groups is 4. The number of benzene rings is 1. The summed E-state index contributed by atoms with van der Waals surface area (Å²) in [6.45, 7) is 6.28. The van der Waals surface area contributed by atoms with E-state index in [0.29, 0.717) is 44.4 Å². The molecule has 3 aliphatic carbocycles. The Hall–Kier alpha value is -4.63. The number of sulfonamides is 1. The number of fused-ring (bicyclic) bond motifs is 1. The maximum absolute atomic E-state index is 14.3. The van der Waals surface area contributed by atoms with Crippen LogP contribution in [-0.4, -0.2) is 94.7 Å². The van der Waals surface area contributed by atoms with E-state index in [4.69, 9.17) is 5.11 Å². The number of halogens is 6. The number of carbonyl (C=O) groups excluding carboxylic acids is 3. The summed E-state index contributed by atoms with van der Waals surface area (Å²) in [6, 6.07) is 2.49. The number of rotatable bonds is 17. The first kappa shape index (κ1) is 50.0. The van der Waals surface area contributed by atoms with E-state index in [2.05, 4.69) is 40.8 Å². The molecule has 62 heavy (non-hydrogen) atoms. The third-order valence-electron chi connectivity index (χ3n) is 11.2. The zero-order valence-electron chi connectivity index (χ0n) is 35.2. The lowest BCUT2D eigenvalue weighted by Crippen LogP contribution is -2.59. The molecular formula is C40H62F6N6O9S. The highest BCUT2D eigenvalue weighted by Crippen LogP contribution is 2.49. The van der Waals surface area contributed by atoms with Crippen LogP contribution in [0, 0.1) is 23.7 Å². The average Bonchev–Trinajstić information content (AvgIpc) is 4.11. The first-order valence-corrected chi connectivity index (χ1v) is 22.1. The van der Waals surface area contributed by atoms with E-state index in [-0.39, 0.29) is 33.5 Å². The van der Waals surface area contributed by atoms with Gasteiger partial charge in [0.25, 0.3) is 17.4 Å². The number of carboxylic acid groups (broad SMARTS) is 1. The van der Waals surface area contributed by atoms with Crippen molar-refractivity contribution in [1.82, 2.24) is 30.2 Å². The van der Waals surface area contributed by atoms with Gasteiger partial charge >= 0.3 is 12.7 Å². The number of aromatic amines is 1. The number of nitrogens with zero attached hydrogens (tertiary/aromatic N) is 2. The monoisotopic (exact) mass is 916 g/mol. The van der Waals surface area contributed by atoms with Crippen LogP contribution in [0.5, 0.6) is 5.75 Å². The largest absolute Gasteiger partial charge is 0.465 e. The number of hydrogen-bond donors (Lipinski definition) is 5. The first-order chi connectivity index (χ1) is 28.9. The highest BCUT2D eigenvalue weighted by atomic mass is 32.2. The van der Waals surface area contributed by atoms with E-state index >= 15 is 0 Å². The Morgan fingerprint density at radius 2 is 1.73 bits per heavy atom. The Morgan fingerprint density at radius 1 is 1.08 bits per heavy atom. The van der Waals surface area contributed by atoms with Crippen molar-refractivity contribution in [3.8, 4) is 5.75 Å². The Bertz CT molecular complexity index is 2120. The van der Waals surface area contributed by atoms with Crippen molar-refractivity contribution < 1.29 is 68.1 Å². The second kappa shape index (κ2) is 20.3. The van der Waals surface area contributed by atoms with Gasteiger partial charge in [-0.2, -0.15) is 17.6 Å². The highest BCUT2D eigenvalue weighted by molar-refractivity contribution is 7.91. The maximum Gasteiger partial charge on any atom is 0.405 e. The van der Waals surface area contributed by atoms with Crippen LogP contribution in [0.4, 0.5) is 31.1 Å². The van der Waals surface area contributed by atoms with Crippen molar-refractivity contribution in [2.45, 2.75) is 141 Å². The van der Waals surface area contributed by atoms with Crippen molar-refractivity contribution in [3.05, 3.63) is 34.2 Å². The number of nitrogens with one attached hydrogen (secondary N) is 4. The summed E-state index contributed by atoms with van der Waals surface area (Å²) in [6.07, 6.45) is 0.626. The second-order valence-corrected chi connectivity index (χ2v) is 19.4. The summed E-state index contributed by atoms with van der Waals surface area (Å²) in [5.74, 6) is -6.64. The smallest absolute Gasteiger partial charge is 0.405 e. The van der Waals surface area contributed by atoms with Gasteiger partial charge in [-0.3, -0.25) is 23.9 Å². The van der Waals surface area contributed by atoms with E-state index < -0.39 is 106 Å². The molecule has 2 aromatic rings. The second-order valence-electron chi connectivity index (χ2n) is 17.2. The molecule has 4 fully saturated rings. The lowest BCUT2D eigenvalue weighted by atomic mass is 9.96. The Kier molecular flexibility index (Phi) is 16.3. The summed E-state index contributed by atoms with van der Waals surface area (Å²) in [7, 11) is -4.11. The molecule has 1 aromatic carbocycles. The van der Waals surface area contributed by atoms with Gasteiger partial charge in [0.05, 0.1) is 21.7 Å². The Morgan fingerprint density at radius 3 is 2.26 bits per heavy atom. The molecule has 1 aromatic heterocycles. The zero-order valence-corrected chi connectivity index (χ0v) is 36.1. The van der Waals surface area contributed by atoms with Crippen LogP contribution in [0.2, 0.25) is 0 Å². The molecule has 1 aliphatic heterocycles. The molecule has 0 spiro atoms. The van der Waals surface area contributed by atoms with Gasteiger partial charge < -0.3 is 30.4 Å². The minimum Gasteiger partial charge on any atom is -0.465 e. The number of unbranched alkanes of at least 4 members (excludes halogenated alkanes) is 1. The van der Waals surface area contributed by atoms with Crippen LogP contribution in [0.3, 0.4) is 0 Å². The number of ether oxygens (including phenoxy) is 1. The van der Waals surface area contributed by atoms with Crippen LogP contribution < -0.4 is 25.7 Å². The Labute approximate surface area is 360 Å². The molecule has 15 nitrogen and oxygen atoms in total. The topological polar surface area (TPSA) is 217 Å². The predicted octanol–water partition coefficient (Wildman–Crippen LogP) is 7.01. The maximum atomic E-state index is 14.3. The van der Waals surface area contributed by atoms with Gasteiger partial charge in [-0.15, -0.1) is 0 Å². The van der Waals surface area contributed by atoms with Crippen molar-refractivity contribution in [2.75, 3.05) is 13.1 Å². The van der Waals surface area contributed by atoms with Gasteiger partial charge in [-0.05, 0) is 68.9 Å². The SMILES string of the molecule is CC(C)C.CC[C@@H]1CCN(C(=O)CNC(=O)O)[C@@H]1C(=O)N[C@]1(C(=O)NS(=O)(=O)C2(C)CC2)C[C@H]1C(F)F.O=c1[nH]c2cc(OC(F)F)ccc2nc1C(F)(F)CCCCC1CC1.[HH].[HH].[HH]. The minimum atomic E-state index is -4.11. The molecule has 354 valence electrons. The normalized spacial score (nSPS) is 22.6. The molecule has 5 N–H and O–H groups in total. The fourth-order valence-corrected chi connectivity index (χ4v) is 8.41. The number of amides is 4. The number of H-pyrrole nitrogens is 1. The van der Waals surface area contributed by atoms with Crippen LogP contribution in [0.15, 0.2) is 23.0 Å². The molecular weight excluding hydrogens is 855 g/mol. The van der Waals surface area contributed by atoms with Crippen molar-refractivity contribution in [3.63, 3.8) is 0 Å². The molecule has 1 saturated heterocycles. The molecule has 22 heteroatoms. The lowest BCUT2D eigenvalue weighted by Gasteiger charge is -2.29. The molecule has 6 rings (SSSR count). The molecule has 4 aliphatic rings. The van der Waals surface area contributed by atoms with Gasteiger partial charge in [-0.25, -0.2) is 27.0 Å². The average molecular weight is 917 g/mol. The van der Waals surface area contributed by atoms with Crippen molar-refractivity contribution >= 4 is 44.9 Å². The molecule has 3 saturated carbocycles. The van der Waals surface area contributed by atoms with Gasteiger partial charge in [-0.1, -0.05) is 59.8 Å². The van der Waals surface area contributed by atoms with Crippen LogP contribution in [-0.2, 0) is 30.3 Å². The van der Waals surface area contributed by atoms with Crippen LogP contribution >= 0.6 is 0 Å². The van der Waals surface area contributed by atoms with Crippen molar-refractivity contribution in [2.24, 2.45) is 23.7 Å². The van der Waals surface area contributed by atoms with E-state index in [9.17, 15) is 58.7 Å². The number of aromatic nitrogens is 2. The third kappa shape index (κ3) is 13.0.